The molecule has 0 spiro atoms. The predicted molar refractivity (Wildman–Crippen MR) is 99.7 cm³/mol. The predicted octanol–water partition coefficient (Wildman–Crippen LogP) is 3.89. The molecule has 1 amide bonds. The molecule has 1 N–H and O–H groups in total. The maximum Gasteiger partial charge on any atom is 0.250 e. The molecule has 1 aliphatic carbocycles. The standard InChI is InChI=1S/C19H23N3O2S/c1-3-22-9-8-15-17(11-22)25-19(20-15)21-18(23)7-5-13-4-6-16(24-13)14-10-12(14)2/h4-7,12,14H,3,8-11H2,1-2H3,(H,20,21,23)/b7-5+/t12-,14-/m1/s1. The maximum atomic E-state index is 12.1. The first-order valence-electron chi connectivity index (χ1n) is 8.92. The van der Waals surface area contributed by atoms with Crippen molar-refractivity contribution in [1.29, 1.82) is 0 Å². The van der Waals surface area contributed by atoms with E-state index < -0.39 is 0 Å². The van der Waals surface area contributed by atoms with Crippen molar-refractivity contribution in [2.24, 2.45) is 5.92 Å². The third-order valence-corrected chi connectivity index (χ3v) is 6.01. The summed E-state index contributed by atoms with van der Waals surface area (Å²) < 4.78 is 5.78. The van der Waals surface area contributed by atoms with Crippen molar-refractivity contribution >= 4 is 28.5 Å². The normalized spacial score (nSPS) is 23.0. The van der Waals surface area contributed by atoms with Gasteiger partial charge in [-0.25, -0.2) is 4.98 Å². The highest BCUT2D eigenvalue weighted by atomic mass is 32.1. The number of amides is 1. The molecule has 6 heteroatoms. The summed E-state index contributed by atoms with van der Waals surface area (Å²) in [6, 6.07) is 3.94. The molecule has 0 aromatic carbocycles. The first kappa shape index (κ1) is 16.5. The molecule has 1 aliphatic heterocycles. The highest BCUT2D eigenvalue weighted by Gasteiger charge is 2.36. The first-order chi connectivity index (χ1) is 12.1. The van der Waals surface area contributed by atoms with Crippen LogP contribution in [0.5, 0.6) is 0 Å². The summed E-state index contributed by atoms with van der Waals surface area (Å²) in [6.07, 6.45) is 5.39. The van der Waals surface area contributed by atoms with Crippen LogP contribution in [0, 0.1) is 5.92 Å². The van der Waals surface area contributed by atoms with Gasteiger partial charge in [-0.05, 0) is 37.1 Å². The van der Waals surface area contributed by atoms with Crippen LogP contribution in [0.2, 0.25) is 0 Å². The van der Waals surface area contributed by atoms with E-state index in [9.17, 15) is 4.79 Å². The summed E-state index contributed by atoms with van der Waals surface area (Å²) in [6.45, 7) is 7.42. The molecule has 0 bridgehead atoms. The zero-order valence-electron chi connectivity index (χ0n) is 14.6. The fourth-order valence-electron chi connectivity index (χ4n) is 3.25. The minimum atomic E-state index is -0.170. The second kappa shape index (κ2) is 6.77. The molecule has 1 saturated carbocycles. The number of anilines is 1. The molecule has 0 unspecified atom stereocenters. The lowest BCUT2D eigenvalue weighted by Gasteiger charge is -2.23. The van der Waals surface area contributed by atoms with E-state index in [4.69, 9.17) is 4.42 Å². The number of rotatable bonds is 5. The van der Waals surface area contributed by atoms with Gasteiger partial charge in [-0.1, -0.05) is 13.8 Å². The van der Waals surface area contributed by atoms with E-state index in [1.54, 1.807) is 17.4 Å². The molecule has 2 atom stereocenters. The Labute approximate surface area is 151 Å². The van der Waals surface area contributed by atoms with Crippen LogP contribution in [-0.2, 0) is 17.8 Å². The third kappa shape index (κ3) is 3.70. The molecular weight excluding hydrogens is 334 g/mol. The smallest absolute Gasteiger partial charge is 0.250 e. The van der Waals surface area contributed by atoms with Gasteiger partial charge in [0.2, 0.25) is 5.91 Å². The number of carbonyl (C=O) groups excluding carboxylic acids is 1. The number of fused-ring (bicyclic) bond motifs is 1. The van der Waals surface area contributed by atoms with Crippen LogP contribution in [0.1, 0.15) is 48.3 Å². The second-order valence-electron chi connectivity index (χ2n) is 6.89. The van der Waals surface area contributed by atoms with Gasteiger partial charge in [-0.2, -0.15) is 0 Å². The van der Waals surface area contributed by atoms with Crippen LogP contribution >= 0.6 is 11.3 Å². The summed E-state index contributed by atoms with van der Waals surface area (Å²) in [5, 5.41) is 3.56. The van der Waals surface area contributed by atoms with Crippen molar-refractivity contribution in [3.05, 3.63) is 40.3 Å². The van der Waals surface area contributed by atoms with Crippen molar-refractivity contribution in [3.63, 3.8) is 0 Å². The van der Waals surface area contributed by atoms with Crippen LogP contribution in [0.4, 0.5) is 5.13 Å². The fourth-order valence-corrected chi connectivity index (χ4v) is 4.31. The number of hydrogen-bond acceptors (Lipinski definition) is 5. The topological polar surface area (TPSA) is 58.4 Å². The molecular formula is C19H23N3O2S. The van der Waals surface area contributed by atoms with Crippen LogP contribution < -0.4 is 5.32 Å². The van der Waals surface area contributed by atoms with E-state index in [0.29, 0.717) is 17.0 Å². The minimum Gasteiger partial charge on any atom is -0.461 e. The van der Waals surface area contributed by atoms with E-state index in [1.807, 2.05) is 12.1 Å². The molecule has 3 heterocycles. The first-order valence-corrected chi connectivity index (χ1v) is 9.73. The van der Waals surface area contributed by atoms with Crippen LogP contribution in [0.25, 0.3) is 6.08 Å². The van der Waals surface area contributed by atoms with E-state index in [-0.39, 0.29) is 5.91 Å². The zero-order chi connectivity index (χ0) is 17.4. The minimum absolute atomic E-state index is 0.170. The Morgan fingerprint density at radius 3 is 3.12 bits per heavy atom. The lowest BCUT2D eigenvalue weighted by atomic mass is 10.2. The van der Waals surface area contributed by atoms with Gasteiger partial charge >= 0.3 is 0 Å². The third-order valence-electron chi connectivity index (χ3n) is 5.01. The zero-order valence-corrected chi connectivity index (χ0v) is 15.4. The van der Waals surface area contributed by atoms with Crippen LogP contribution in [0.3, 0.4) is 0 Å². The van der Waals surface area contributed by atoms with Crippen molar-refractivity contribution in [2.45, 2.75) is 39.2 Å². The Morgan fingerprint density at radius 1 is 1.52 bits per heavy atom. The van der Waals surface area contributed by atoms with Gasteiger partial charge in [-0.15, -0.1) is 11.3 Å². The summed E-state index contributed by atoms with van der Waals surface area (Å²) in [7, 11) is 0. The number of hydrogen-bond donors (Lipinski definition) is 1. The van der Waals surface area contributed by atoms with E-state index in [1.165, 1.54) is 17.4 Å². The molecule has 1 fully saturated rings. The lowest BCUT2D eigenvalue weighted by Crippen LogP contribution is -2.29. The molecule has 0 saturated heterocycles. The molecule has 5 nitrogen and oxygen atoms in total. The number of likely N-dealkylation sites (N-methyl/N-ethyl adjacent to an activating group) is 1. The van der Waals surface area contributed by atoms with Gasteiger partial charge in [0.25, 0.3) is 0 Å². The Kier molecular flexibility index (Phi) is 4.48. The van der Waals surface area contributed by atoms with Gasteiger partial charge in [0.05, 0.1) is 5.69 Å². The monoisotopic (exact) mass is 357 g/mol. The molecule has 132 valence electrons. The van der Waals surface area contributed by atoms with Gasteiger partial charge in [-0.3, -0.25) is 15.0 Å². The van der Waals surface area contributed by atoms with Gasteiger partial charge in [0.15, 0.2) is 5.13 Å². The Hall–Kier alpha value is -1.92. The van der Waals surface area contributed by atoms with Crippen molar-refractivity contribution < 1.29 is 9.21 Å². The largest absolute Gasteiger partial charge is 0.461 e. The SMILES string of the molecule is CCN1CCc2nc(NC(=O)/C=C/c3ccc([C@@H]4C[C@H]4C)o3)sc2C1. The van der Waals surface area contributed by atoms with Gasteiger partial charge < -0.3 is 4.42 Å². The van der Waals surface area contributed by atoms with E-state index in [2.05, 4.69) is 29.0 Å². The van der Waals surface area contributed by atoms with Crippen molar-refractivity contribution in [3.8, 4) is 0 Å². The Balaban J connectivity index is 1.36. The average Bonchev–Trinajstić information content (AvgIpc) is 3.01. The lowest BCUT2D eigenvalue weighted by molar-refractivity contribution is -0.111. The summed E-state index contributed by atoms with van der Waals surface area (Å²) in [4.78, 5) is 20.4. The summed E-state index contributed by atoms with van der Waals surface area (Å²) in [5.74, 6) is 2.85. The second-order valence-corrected chi connectivity index (χ2v) is 7.97. The highest BCUT2D eigenvalue weighted by molar-refractivity contribution is 7.15. The van der Waals surface area contributed by atoms with Gasteiger partial charge in [0, 0.05) is 36.4 Å². The Bertz CT molecular complexity index is 807. The Morgan fingerprint density at radius 2 is 2.36 bits per heavy atom. The molecule has 2 aliphatic rings. The molecule has 2 aromatic rings. The quantitative estimate of drug-likeness (QED) is 0.825. The van der Waals surface area contributed by atoms with E-state index in [0.717, 1.165) is 43.3 Å². The number of nitrogens with one attached hydrogen (secondary N) is 1. The van der Waals surface area contributed by atoms with Gasteiger partial charge in [0.1, 0.15) is 11.5 Å². The molecule has 0 radical (unpaired) electrons. The molecule has 4 rings (SSSR count). The fraction of sp³-hybridized carbons (Fsp3) is 0.474. The maximum absolute atomic E-state index is 12.1. The molecule has 25 heavy (non-hydrogen) atoms. The number of furan rings is 1. The van der Waals surface area contributed by atoms with Crippen LogP contribution in [-0.4, -0.2) is 28.9 Å². The number of nitrogens with zero attached hydrogens (tertiary/aromatic N) is 2. The summed E-state index contributed by atoms with van der Waals surface area (Å²) >= 11 is 1.58. The van der Waals surface area contributed by atoms with Crippen LogP contribution in [0.15, 0.2) is 22.6 Å². The van der Waals surface area contributed by atoms with Crippen molar-refractivity contribution in [2.75, 3.05) is 18.4 Å². The number of thiazole rings is 1. The highest BCUT2D eigenvalue weighted by Crippen LogP contribution is 2.47. The number of aromatic nitrogens is 1. The molecule has 2 aromatic heterocycles. The van der Waals surface area contributed by atoms with E-state index >= 15 is 0 Å². The summed E-state index contributed by atoms with van der Waals surface area (Å²) in [5.41, 5.74) is 1.13. The average molecular weight is 357 g/mol. The van der Waals surface area contributed by atoms with Crippen molar-refractivity contribution in [1.82, 2.24) is 9.88 Å². The number of carbonyl (C=O) groups is 1.